The van der Waals surface area contributed by atoms with E-state index in [1.807, 2.05) is 30.3 Å². The predicted molar refractivity (Wildman–Crippen MR) is 122 cm³/mol. The number of ether oxygens (including phenoxy) is 6. The van der Waals surface area contributed by atoms with Crippen LogP contribution in [-0.4, -0.2) is 83.4 Å². The van der Waals surface area contributed by atoms with Gasteiger partial charge in [0.05, 0.1) is 13.2 Å². The first-order valence-corrected chi connectivity index (χ1v) is 11.9. The molecule has 35 heavy (non-hydrogen) atoms. The third-order valence-corrected chi connectivity index (χ3v) is 7.23. The van der Waals surface area contributed by atoms with Crippen molar-refractivity contribution in [3.63, 3.8) is 0 Å². The van der Waals surface area contributed by atoms with Crippen molar-refractivity contribution in [1.29, 1.82) is 0 Å². The molecule has 1 N–H and O–H groups in total. The van der Waals surface area contributed by atoms with Crippen molar-refractivity contribution in [2.24, 2.45) is 0 Å². The minimum atomic E-state index is -1.92. The zero-order valence-corrected chi connectivity index (χ0v) is 21.1. The number of amides is 2. The number of hydrogen-bond acceptors (Lipinski definition) is 9. The summed E-state index contributed by atoms with van der Waals surface area (Å²) in [5.74, 6) is -3.39. The third kappa shape index (κ3) is 4.69. The highest BCUT2D eigenvalue weighted by atomic mass is 35.5. The standard InChI is InChI=1S/C24H32ClNO9/c1-16(27)26(25)20(28)34-18-13-31-23(15-32-21(2,3)35-23)24(29,19(18)30-4)22(14-33-22)12-8-11-17-9-6-5-7-10-17/h5-7,9-10,18-19,29H,8,11-15H2,1-4H3/t18-,19-,22-,23+,24-/m1/s1. The van der Waals surface area contributed by atoms with E-state index < -0.39 is 47.0 Å². The van der Waals surface area contributed by atoms with Gasteiger partial charge in [-0.1, -0.05) is 30.3 Å². The molecule has 1 spiro atoms. The average molecular weight is 514 g/mol. The van der Waals surface area contributed by atoms with E-state index in [-0.39, 0.29) is 19.8 Å². The van der Waals surface area contributed by atoms with E-state index in [1.165, 1.54) is 7.11 Å². The van der Waals surface area contributed by atoms with Crippen LogP contribution in [-0.2, 0) is 39.6 Å². The van der Waals surface area contributed by atoms with Gasteiger partial charge >= 0.3 is 6.09 Å². The number of carbonyl (C=O) groups is 2. The minimum absolute atomic E-state index is 0.0874. The molecule has 2 amide bonds. The van der Waals surface area contributed by atoms with Crippen LogP contribution in [0.25, 0.3) is 0 Å². The number of benzene rings is 1. The number of aliphatic hydroxyl groups is 1. The lowest BCUT2D eigenvalue weighted by atomic mass is 9.70. The van der Waals surface area contributed by atoms with Gasteiger partial charge in [-0.15, -0.1) is 0 Å². The highest BCUT2D eigenvalue weighted by molar-refractivity contribution is 6.28. The molecule has 3 saturated heterocycles. The fourth-order valence-corrected chi connectivity index (χ4v) is 5.12. The van der Waals surface area contributed by atoms with E-state index in [0.29, 0.717) is 17.3 Å². The number of carbonyl (C=O) groups excluding carboxylic acids is 2. The van der Waals surface area contributed by atoms with Crippen molar-refractivity contribution in [2.75, 3.05) is 26.9 Å². The van der Waals surface area contributed by atoms with Crippen molar-refractivity contribution in [3.05, 3.63) is 35.9 Å². The number of aryl methyl sites for hydroxylation is 1. The lowest BCUT2D eigenvalue weighted by Crippen LogP contribution is -2.78. The summed E-state index contributed by atoms with van der Waals surface area (Å²) in [4.78, 5) is 23.9. The molecule has 10 nitrogen and oxygen atoms in total. The van der Waals surface area contributed by atoms with Crippen LogP contribution in [0.1, 0.15) is 39.2 Å². The molecule has 1 aromatic rings. The van der Waals surface area contributed by atoms with Gasteiger partial charge in [-0.2, -0.15) is 4.42 Å². The van der Waals surface area contributed by atoms with Gasteiger partial charge in [0.1, 0.15) is 18.3 Å². The molecule has 0 aromatic heterocycles. The molecule has 3 fully saturated rings. The summed E-state index contributed by atoms with van der Waals surface area (Å²) in [6, 6.07) is 9.99. The summed E-state index contributed by atoms with van der Waals surface area (Å²) >= 11 is 5.73. The second kappa shape index (κ2) is 9.59. The van der Waals surface area contributed by atoms with Gasteiger partial charge in [-0.3, -0.25) is 4.79 Å². The number of methoxy groups -OCH3 is 1. The SMILES string of the molecule is CO[C@@H]1[C@H](OC(=O)N(Cl)C(C)=O)CO[C@]2(COC(C)(C)O2)[C@]1(O)[C@@]1(CCCc2ccccc2)CO1. The summed E-state index contributed by atoms with van der Waals surface area (Å²) in [5.41, 5.74) is -1.86. The second-order valence-corrected chi connectivity index (χ2v) is 9.96. The highest BCUT2D eigenvalue weighted by Crippen LogP contribution is 2.57. The number of rotatable bonds is 7. The van der Waals surface area contributed by atoms with Gasteiger partial charge in [0.15, 0.2) is 17.5 Å². The molecular formula is C24H32ClNO9. The molecule has 0 radical (unpaired) electrons. The number of nitrogens with zero attached hydrogens (tertiary/aromatic N) is 1. The Morgan fingerprint density at radius 1 is 1.17 bits per heavy atom. The normalized spacial score (nSPS) is 35.6. The summed E-state index contributed by atoms with van der Waals surface area (Å²) in [6.07, 6.45) is -1.41. The van der Waals surface area contributed by atoms with E-state index in [9.17, 15) is 14.7 Å². The Kier molecular flexibility index (Phi) is 7.20. The van der Waals surface area contributed by atoms with Crippen LogP contribution in [0, 0.1) is 0 Å². The van der Waals surface area contributed by atoms with E-state index >= 15 is 0 Å². The molecule has 5 atom stereocenters. The van der Waals surface area contributed by atoms with Gasteiger partial charge in [0, 0.05) is 25.8 Å². The zero-order valence-electron chi connectivity index (χ0n) is 20.3. The lowest BCUT2D eigenvalue weighted by molar-refractivity contribution is -0.392. The fraction of sp³-hybridized carbons (Fsp3) is 0.667. The molecule has 0 unspecified atom stereocenters. The summed E-state index contributed by atoms with van der Waals surface area (Å²) in [5, 5.41) is 12.4. The molecule has 3 aliphatic heterocycles. The number of epoxide rings is 1. The van der Waals surface area contributed by atoms with E-state index in [2.05, 4.69) is 0 Å². The van der Waals surface area contributed by atoms with Crippen LogP contribution in [0.3, 0.4) is 0 Å². The largest absolute Gasteiger partial charge is 0.440 e. The molecule has 0 saturated carbocycles. The second-order valence-electron chi connectivity index (χ2n) is 9.62. The predicted octanol–water partition coefficient (Wildman–Crippen LogP) is 2.54. The molecule has 3 aliphatic rings. The van der Waals surface area contributed by atoms with Crippen LogP contribution >= 0.6 is 11.8 Å². The monoisotopic (exact) mass is 513 g/mol. The van der Waals surface area contributed by atoms with Gasteiger partial charge in [-0.05, 0) is 38.7 Å². The van der Waals surface area contributed by atoms with Gasteiger partial charge in [-0.25, -0.2) is 4.79 Å². The van der Waals surface area contributed by atoms with Crippen LogP contribution < -0.4 is 0 Å². The maximum Gasteiger partial charge on any atom is 0.432 e. The number of imide groups is 1. The topological polar surface area (TPSA) is 116 Å². The Labute approximate surface area is 209 Å². The highest BCUT2D eigenvalue weighted by Gasteiger charge is 2.79. The van der Waals surface area contributed by atoms with Crippen molar-refractivity contribution >= 4 is 23.8 Å². The molecular weight excluding hydrogens is 482 g/mol. The smallest absolute Gasteiger partial charge is 0.432 e. The van der Waals surface area contributed by atoms with Crippen molar-refractivity contribution < 1.29 is 43.1 Å². The van der Waals surface area contributed by atoms with Crippen LogP contribution in [0.2, 0.25) is 0 Å². The molecule has 1 aromatic carbocycles. The van der Waals surface area contributed by atoms with Crippen LogP contribution in [0.4, 0.5) is 4.79 Å². The molecule has 0 aliphatic carbocycles. The van der Waals surface area contributed by atoms with Crippen molar-refractivity contribution in [3.8, 4) is 0 Å². The molecule has 11 heteroatoms. The fourth-order valence-electron chi connectivity index (χ4n) is 5.08. The van der Waals surface area contributed by atoms with Gasteiger partial charge in [0.2, 0.25) is 11.7 Å². The van der Waals surface area contributed by atoms with Gasteiger partial charge < -0.3 is 33.5 Å². The van der Waals surface area contributed by atoms with Gasteiger partial charge in [0.25, 0.3) is 0 Å². The Hall–Kier alpha value is -1.79. The maximum absolute atomic E-state index is 12.4. The Morgan fingerprint density at radius 2 is 1.86 bits per heavy atom. The molecule has 194 valence electrons. The quantitative estimate of drug-likeness (QED) is 0.433. The minimum Gasteiger partial charge on any atom is -0.440 e. The van der Waals surface area contributed by atoms with Crippen molar-refractivity contribution in [1.82, 2.24) is 4.42 Å². The van der Waals surface area contributed by atoms with E-state index in [4.69, 9.17) is 40.2 Å². The first kappa shape index (κ1) is 26.3. The Morgan fingerprint density at radius 3 is 2.40 bits per heavy atom. The van der Waals surface area contributed by atoms with Crippen LogP contribution in [0.5, 0.6) is 0 Å². The summed E-state index contributed by atoms with van der Waals surface area (Å²) in [6.45, 7) is 4.50. The zero-order chi connectivity index (χ0) is 25.5. The molecule has 0 bridgehead atoms. The van der Waals surface area contributed by atoms with E-state index in [0.717, 1.165) is 18.9 Å². The van der Waals surface area contributed by atoms with Crippen molar-refractivity contribution in [2.45, 2.75) is 75.0 Å². The first-order valence-electron chi connectivity index (χ1n) is 11.6. The lowest BCUT2D eigenvalue weighted by Gasteiger charge is -2.54. The first-order chi connectivity index (χ1) is 16.5. The third-order valence-electron chi connectivity index (χ3n) is 6.85. The number of hydrogen-bond donors (Lipinski definition) is 1. The molecule has 3 heterocycles. The molecule has 4 rings (SSSR count). The maximum atomic E-state index is 12.4. The summed E-state index contributed by atoms with van der Waals surface area (Å²) < 4.78 is 35.5. The number of halogens is 1. The van der Waals surface area contributed by atoms with Crippen LogP contribution in [0.15, 0.2) is 30.3 Å². The Balaban J connectivity index is 1.62. The Bertz CT molecular complexity index is 940. The summed E-state index contributed by atoms with van der Waals surface area (Å²) in [7, 11) is 1.39. The average Bonchev–Trinajstić information content (AvgIpc) is 3.54. The van der Waals surface area contributed by atoms with E-state index in [1.54, 1.807) is 13.8 Å².